The first kappa shape index (κ1) is 15.0. The summed E-state index contributed by atoms with van der Waals surface area (Å²) < 4.78 is 17.1. The average Bonchev–Trinajstić information content (AvgIpc) is 2.35. The van der Waals surface area contributed by atoms with Crippen molar-refractivity contribution in [3.8, 4) is 5.75 Å². The third-order valence-corrected chi connectivity index (χ3v) is 2.97. The Labute approximate surface area is 109 Å². The molecule has 0 aliphatic carbocycles. The van der Waals surface area contributed by atoms with Gasteiger partial charge in [0.1, 0.15) is 19.0 Å². The Kier molecular flexibility index (Phi) is 6.73. The number of ether oxygens (including phenoxy) is 1. The summed E-state index contributed by atoms with van der Waals surface area (Å²) in [6, 6.07) is 8.20. The minimum Gasteiger partial charge on any atom is -0.491 e. The standard InChI is InChI=1S/C15H24FNO/c1-12(3-4-13(2)17)11-14-5-7-15(8-6-14)18-10-9-16/h5-8,12-13H,3-4,9-11,17H2,1-2H3/t12?,13-/m1/s1. The van der Waals surface area contributed by atoms with E-state index in [0.29, 0.717) is 5.92 Å². The van der Waals surface area contributed by atoms with Crippen molar-refractivity contribution in [3.05, 3.63) is 29.8 Å². The van der Waals surface area contributed by atoms with Crippen LogP contribution in [-0.4, -0.2) is 19.3 Å². The normalized spacial score (nSPS) is 14.2. The highest BCUT2D eigenvalue weighted by Gasteiger charge is 2.05. The summed E-state index contributed by atoms with van der Waals surface area (Å²) in [7, 11) is 0. The lowest BCUT2D eigenvalue weighted by Gasteiger charge is -2.13. The van der Waals surface area contributed by atoms with Crippen LogP contribution < -0.4 is 10.5 Å². The maximum atomic E-state index is 11.9. The van der Waals surface area contributed by atoms with Crippen molar-refractivity contribution in [2.24, 2.45) is 11.7 Å². The Balaban J connectivity index is 2.38. The second kappa shape index (κ2) is 8.09. The van der Waals surface area contributed by atoms with E-state index in [2.05, 4.69) is 19.1 Å². The Hall–Kier alpha value is -1.09. The molecule has 1 unspecified atom stereocenters. The largest absolute Gasteiger partial charge is 0.491 e. The zero-order valence-electron chi connectivity index (χ0n) is 11.4. The van der Waals surface area contributed by atoms with E-state index in [1.165, 1.54) is 5.56 Å². The maximum absolute atomic E-state index is 11.9. The molecule has 0 aliphatic heterocycles. The van der Waals surface area contributed by atoms with Gasteiger partial charge >= 0.3 is 0 Å². The van der Waals surface area contributed by atoms with Crippen LogP contribution in [0, 0.1) is 5.92 Å². The topological polar surface area (TPSA) is 35.2 Å². The average molecular weight is 253 g/mol. The van der Waals surface area contributed by atoms with E-state index in [4.69, 9.17) is 10.5 Å². The van der Waals surface area contributed by atoms with E-state index in [0.717, 1.165) is 25.0 Å². The van der Waals surface area contributed by atoms with Crippen LogP contribution in [0.5, 0.6) is 5.75 Å². The van der Waals surface area contributed by atoms with Crippen molar-refractivity contribution in [1.82, 2.24) is 0 Å². The first-order valence-electron chi connectivity index (χ1n) is 6.65. The van der Waals surface area contributed by atoms with Crippen LogP contribution in [0.3, 0.4) is 0 Å². The van der Waals surface area contributed by atoms with Crippen molar-refractivity contribution in [3.63, 3.8) is 0 Å². The Morgan fingerprint density at radius 1 is 1.17 bits per heavy atom. The molecule has 0 fully saturated rings. The van der Waals surface area contributed by atoms with Gasteiger partial charge in [0.2, 0.25) is 0 Å². The van der Waals surface area contributed by atoms with E-state index >= 15 is 0 Å². The number of hydrogen-bond donors (Lipinski definition) is 1. The second-order valence-electron chi connectivity index (χ2n) is 5.05. The van der Waals surface area contributed by atoms with Gasteiger partial charge < -0.3 is 10.5 Å². The fourth-order valence-corrected chi connectivity index (χ4v) is 1.93. The van der Waals surface area contributed by atoms with Crippen LogP contribution in [0.2, 0.25) is 0 Å². The number of hydrogen-bond acceptors (Lipinski definition) is 2. The molecule has 3 heteroatoms. The fourth-order valence-electron chi connectivity index (χ4n) is 1.93. The van der Waals surface area contributed by atoms with Crippen molar-refractivity contribution < 1.29 is 9.13 Å². The maximum Gasteiger partial charge on any atom is 0.123 e. The van der Waals surface area contributed by atoms with Gasteiger partial charge in [-0.2, -0.15) is 0 Å². The summed E-state index contributed by atoms with van der Waals surface area (Å²) in [6.07, 6.45) is 3.27. The molecule has 1 aromatic carbocycles. The van der Waals surface area contributed by atoms with Crippen LogP contribution in [0.15, 0.2) is 24.3 Å². The molecular formula is C15H24FNO. The number of rotatable bonds is 8. The summed E-state index contributed by atoms with van der Waals surface area (Å²) >= 11 is 0. The highest BCUT2D eigenvalue weighted by Crippen LogP contribution is 2.17. The van der Waals surface area contributed by atoms with Crippen molar-refractivity contribution in [2.45, 2.75) is 39.2 Å². The van der Waals surface area contributed by atoms with Gasteiger partial charge in [0.05, 0.1) is 0 Å². The number of benzene rings is 1. The molecule has 0 radical (unpaired) electrons. The van der Waals surface area contributed by atoms with E-state index < -0.39 is 6.67 Å². The molecule has 0 aliphatic rings. The summed E-state index contributed by atoms with van der Waals surface area (Å²) in [4.78, 5) is 0. The Morgan fingerprint density at radius 2 is 1.83 bits per heavy atom. The molecule has 0 aromatic heterocycles. The van der Waals surface area contributed by atoms with Crippen molar-refractivity contribution in [2.75, 3.05) is 13.3 Å². The minimum atomic E-state index is -0.448. The molecule has 2 N–H and O–H groups in total. The van der Waals surface area contributed by atoms with E-state index in [1.807, 2.05) is 19.1 Å². The summed E-state index contributed by atoms with van der Waals surface area (Å²) in [5.41, 5.74) is 7.04. The first-order valence-corrected chi connectivity index (χ1v) is 6.65. The zero-order chi connectivity index (χ0) is 13.4. The Bertz CT molecular complexity index is 324. The molecule has 0 saturated carbocycles. The highest BCUT2D eigenvalue weighted by molar-refractivity contribution is 5.27. The smallest absolute Gasteiger partial charge is 0.123 e. The molecule has 1 aromatic rings. The summed E-state index contributed by atoms with van der Waals surface area (Å²) in [6.45, 7) is 3.97. The predicted octanol–water partition coefficient (Wildman–Crippen LogP) is 3.34. The summed E-state index contributed by atoms with van der Waals surface area (Å²) in [5, 5.41) is 0. The minimum absolute atomic E-state index is 0.129. The van der Waals surface area contributed by atoms with Gasteiger partial charge in [0.25, 0.3) is 0 Å². The van der Waals surface area contributed by atoms with Crippen LogP contribution in [0.4, 0.5) is 4.39 Å². The quantitative estimate of drug-likeness (QED) is 0.771. The third-order valence-electron chi connectivity index (χ3n) is 2.97. The van der Waals surface area contributed by atoms with Crippen LogP contribution in [-0.2, 0) is 6.42 Å². The monoisotopic (exact) mass is 253 g/mol. The van der Waals surface area contributed by atoms with Gasteiger partial charge in [0, 0.05) is 6.04 Å². The van der Waals surface area contributed by atoms with Gasteiger partial charge in [-0.25, -0.2) is 4.39 Å². The predicted molar refractivity (Wildman–Crippen MR) is 73.7 cm³/mol. The molecule has 0 spiro atoms. The van der Waals surface area contributed by atoms with Crippen molar-refractivity contribution >= 4 is 0 Å². The van der Waals surface area contributed by atoms with Crippen molar-refractivity contribution in [1.29, 1.82) is 0 Å². The lowest BCUT2D eigenvalue weighted by Crippen LogP contribution is -2.16. The SMILES string of the molecule is CC(CC[C@@H](C)N)Cc1ccc(OCCF)cc1. The van der Waals surface area contributed by atoms with E-state index in [9.17, 15) is 4.39 Å². The molecule has 0 amide bonds. The second-order valence-corrected chi connectivity index (χ2v) is 5.05. The van der Waals surface area contributed by atoms with Gasteiger partial charge in [-0.1, -0.05) is 19.1 Å². The molecule has 0 saturated heterocycles. The fraction of sp³-hybridized carbons (Fsp3) is 0.600. The lowest BCUT2D eigenvalue weighted by molar-refractivity contribution is 0.273. The van der Waals surface area contributed by atoms with Crippen LogP contribution >= 0.6 is 0 Å². The number of nitrogens with two attached hydrogens (primary N) is 1. The van der Waals surface area contributed by atoms with E-state index in [1.54, 1.807) is 0 Å². The molecule has 2 atom stereocenters. The lowest BCUT2D eigenvalue weighted by atomic mass is 9.95. The van der Waals surface area contributed by atoms with Crippen LogP contribution in [0.1, 0.15) is 32.3 Å². The number of halogens is 1. The molecule has 18 heavy (non-hydrogen) atoms. The molecule has 2 nitrogen and oxygen atoms in total. The molecule has 0 bridgehead atoms. The highest BCUT2D eigenvalue weighted by atomic mass is 19.1. The van der Waals surface area contributed by atoms with Gasteiger partial charge in [0.15, 0.2) is 0 Å². The molecule has 0 heterocycles. The van der Waals surface area contributed by atoms with Gasteiger partial charge in [-0.05, 0) is 49.8 Å². The molecule has 1 rings (SSSR count). The van der Waals surface area contributed by atoms with E-state index in [-0.39, 0.29) is 12.6 Å². The third kappa shape index (κ3) is 6.01. The molecular weight excluding hydrogens is 229 g/mol. The molecule has 102 valence electrons. The zero-order valence-corrected chi connectivity index (χ0v) is 11.4. The first-order chi connectivity index (χ1) is 8.61. The van der Waals surface area contributed by atoms with Crippen LogP contribution in [0.25, 0.3) is 0 Å². The van der Waals surface area contributed by atoms with Gasteiger partial charge in [-0.15, -0.1) is 0 Å². The number of alkyl halides is 1. The Morgan fingerprint density at radius 3 is 2.39 bits per heavy atom. The van der Waals surface area contributed by atoms with Gasteiger partial charge in [-0.3, -0.25) is 0 Å². The summed E-state index contributed by atoms with van der Waals surface area (Å²) in [5.74, 6) is 1.37.